The second-order valence-corrected chi connectivity index (χ2v) is 30.6. The van der Waals surface area contributed by atoms with Gasteiger partial charge in [0.15, 0.2) is 0 Å². The Balaban J connectivity index is 2.53. The van der Waals surface area contributed by atoms with Crippen molar-refractivity contribution in [3.63, 3.8) is 0 Å². The van der Waals surface area contributed by atoms with E-state index in [2.05, 4.69) is 114 Å². The van der Waals surface area contributed by atoms with Gasteiger partial charge in [-0.25, -0.2) is 0 Å². The van der Waals surface area contributed by atoms with Crippen LogP contribution in [0.4, 0.5) is 0 Å². The molecule has 0 heterocycles. The first-order valence-corrected chi connectivity index (χ1v) is 39.7. The number of hydrogen-bond acceptors (Lipinski definition) is 6. The Morgan fingerprint density at radius 3 is 0.698 bits per heavy atom. The lowest BCUT2D eigenvalue weighted by Crippen LogP contribution is -2.19. The van der Waals surface area contributed by atoms with E-state index < -0.39 is 17.2 Å². The molecular formula is C78H144O6P2. The predicted molar refractivity (Wildman–Crippen MR) is 381 cm³/mol. The van der Waals surface area contributed by atoms with Crippen LogP contribution in [-0.4, -0.2) is 26.4 Å². The second kappa shape index (κ2) is 53.3. The lowest BCUT2D eigenvalue weighted by molar-refractivity contribution is 0.197. The highest BCUT2D eigenvalue weighted by Gasteiger charge is 2.35. The van der Waals surface area contributed by atoms with Gasteiger partial charge in [-0.15, -0.1) is 0 Å². The molecule has 502 valence electrons. The van der Waals surface area contributed by atoms with Gasteiger partial charge in [-0.3, -0.25) is 0 Å². The van der Waals surface area contributed by atoms with Gasteiger partial charge in [-0.2, -0.15) is 0 Å². The largest absolute Gasteiger partial charge is 0.426 e. The fraction of sp³-hybridized carbons (Fsp3) is 0.846. The summed E-state index contributed by atoms with van der Waals surface area (Å²) in [6, 6.07) is 9.32. The predicted octanol–water partition coefficient (Wildman–Crippen LogP) is 28.4. The van der Waals surface area contributed by atoms with Crippen LogP contribution in [0.25, 0.3) is 0 Å². The Morgan fingerprint density at radius 1 is 0.291 bits per heavy atom. The van der Waals surface area contributed by atoms with Crippen LogP contribution in [0.3, 0.4) is 0 Å². The van der Waals surface area contributed by atoms with Gasteiger partial charge in [0.25, 0.3) is 0 Å². The Hall–Kier alpha value is -1.26. The van der Waals surface area contributed by atoms with Crippen molar-refractivity contribution >= 4 is 17.2 Å². The molecule has 0 N–H and O–H groups in total. The van der Waals surface area contributed by atoms with Crippen LogP contribution >= 0.6 is 17.2 Å². The third-order valence-corrected chi connectivity index (χ3v) is 20.1. The normalized spacial score (nSPS) is 12.3. The average molecular weight is 1240 g/mol. The van der Waals surface area contributed by atoms with E-state index >= 15 is 0 Å². The molecule has 2 aromatic rings. The molecule has 0 fully saturated rings. The maximum Gasteiger partial charge on any atom is 0.397 e. The Morgan fingerprint density at radius 2 is 0.500 bits per heavy atom. The minimum Gasteiger partial charge on any atom is -0.426 e. The molecule has 0 radical (unpaired) electrons. The fourth-order valence-electron chi connectivity index (χ4n) is 12.3. The van der Waals surface area contributed by atoms with Crippen molar-refractivity contribution in [3.8, 4) is 11.5 Å². The van der Waals surface area contributed by atoms with E-state index in [0.717, 1.165) is 50.0 Å². The molecule has 0 saturated carbocycles. The highest BCUT2D eigenvalue weighted by molar-refractivity contribution is 7.42. The maximum absolute atomic E-state index is 7.48. The highest BCUT2D eigenvalue weighted by atomic mass is 31.2. The maximum atomic E-state index is 7.48. The molecule has 2 aromatic carbocycles. The van der Waals surface area contributed by atoms with Crippen molar-refractivity contribution in [2.75, 3.05) is 26.4 Å². The van der Waals surface area contributed by atoms with Gasteiger partial charge < -0.3 is 27.1 Å². The third-order valence-electron chi connectivity index (χ3n) is 17.8. The monoisotopic (exact) mass is 1240 g/mol. The van der Waals surface area contributed by atoms with Crippen LogP contribution in [0, 0.1) is 13.8 Å². The van der Waals surface area contributed by atoms with Gasteiger partial charge in [0, 0.05) is 28.2 Å². The molecule has 0 unspecified atom stereocenters. The number of hydrogen-bond donors (Lipinski definition) is 0. The van der Waals surface area contributed by atoms with Crippen molar-refractivity contribution in [3.05, 3.63) is 57.6 Å². The summed E-state index contributed by atoms with van der Waals surface area (Å²) in [6.45, 7) is 32.7. The van der Waals surface area contributed by atoms with Gasteiger partial charge >= 0.3 is 17.2 Å². The molecule has 8 heteroatoms. The quantitative estimate of drug-likeness (QED) is 0.0486. The summed E-state index contributed by atoms with van der Waals surface area (Å²) in [6.07, 6.45) is 59.4. The smallest absolute Gasteiger partial charge is 0.397 e. The average Bonchev–Trinajstić information content (AvgIpc) is 0.908. The summed E-state index contributed by atoms with van der Waals surface area (Å²) >= 11 is 0. The molecule has 0 amide bonds. The minimum atomic E-state index is -1.67. The van der Waals surface area contributed by atoms with E-state index in [1.165, 1.54) is 290 Å². The van der Waals surface area contributed by atoms with Crippen LogP contribution in [0.5, 0.6) is 11.5 Å². The summed E-state index contributed by atoms with van der Waals surface area (Å²) < 4.78 is 42.4. The minimum absolute atomic E-state index is 0.0140. The summed E-state index contributed by atoms with van der Waals surface area (Å²) in [4.78, 5) is 0. The van der Waals surface area contributed by atoms with Crippen LogP contribution < -0.4 is 9.05 Å². The van der Waals surface area contributed by atoms with E-state index in [1.807, 2.05) is 0 Å². The molecule has 0 bridgehead atoms. The summed E-state index contributed by atoms with van der Waals surface area (Å²) in [5.41, 5.74) is 6.93. The second-order valence-electron chi connectivity index (χ2n) is 28.3. The lowest BCUT2D eigenvalue weighted by atomic mass is 9.76. The number of aryl methyl sites for hydroxylation is 2. The summed E-state index contributed by atoms with van der Waals surface area (Å²) in [5.74, 6) is 1.86. The molecule has 86 heavy (non-hydrogen) atoms. The molecule has 0 saturated heterocycles. The van der Waals surface area contributed by atoms with E-state index in [1.54, 1.807) is 0 Å². The topological polar surface area (TPSA) is 55.4 Å². The van der Waals surface area contributed by atoms with Crippen molar-refractivity contribution in [1.29, 1.82) is 0 Å². The van der Waals surface area contributed by atoms with E-state index in [-0.39, 0.29) is 16.7 Å². The summed E-state index contributed by atoms with van der Waals surface area (Å²) in [5, 5.41) is 0. The first-order chi connectivity index (χ1) is 41.7. The van der Waals surface area contributed by atoms with Crippen molar-refractivity contribution in [2.45, 2.75) is 402 Å². The van der Waals surface area contributed by atoms with Gasteiger partial charge in [0.1, 0.15) is 11.5 Å². The van der Waals surface area contributed by atoms with Crippen LogP contribution in [-0.2, 0) is 28.9 Å². The van der Waals surface area contributed by atoms with Crippen molar-refractivity contribution in [2.24, 2.45) is 0 Å². The highest BCUT2D eigenvalue weighted by Crippen LogP contribution is 2.55. The molecule has 0 spiro atoms. The standard InChI is InChI=1S/C78H144O6P2/c1-14-19-23-27-31-35-39-43-47-51-55-64-79-85(80-65-56-52-48-44-40-36-32-28-24-20-15-2)83-75-71(77(8,9)10)62-60-68(6)73(75)70(59-18-5)74-69(7)61-63-72(78(11,12)13)76(74)84-86(81-66-57-53-49-45-41-37-33-29-25-21-16-3)82-67-58-54-50-46-42-38-34-30-26-22-17-4/h60-63,70H,14-59,64-67H2,1-13H3. The molecule has 0 atom stereocenters. The fourth-order valence-corrected chi connectivity index (χ4v) is 14.5. The zero-order valence-corrected chi connectivity index (χ0v) is 61.4. The first kappa shape index (κ1) is 80.8. The van der Waals surface area contributed by atoms with Crippen molar-refractivity contribution < 1.29 is 27.1 Å². The third kappa shape index (κ3) is 38.6. The molecule has 2 rings (SSSR count). The summed E-state index contributed by atoms with van der Waals surface area (Å²) in [7, 11) is -3.33. The van der Waals surface area contributed by atoms with Crippen LogP contribution in [0.2, 0.25) is 0 Å². The van der Waals surface area contributed by atoms with Crippen molar-refractivity contribution in [1.82, 2.24) is 0 Å². The SMILES string of the molecule is CCCCCCCCCCCCCOP(OCCCCCCCCCCCCC)Oc1c(C(C)(C)C)ccc(C)c1C(CCC)c1c(C)ccc(C(C)(C)C)c1OP(OCCCCCCCCCCCCC)OCCCCCCCCCCCCC. The Kier molecular flexibility index (Phi) is 50.1. The molecule has 0 aliphatic heterocycles. The van der Waals surface area contributed by atoms with Crippen LogP contribution in [0.15, 0.2) is 24.3 Å². The van der Waals surface area contributed by atoms with E-state index in [0.29, 0.717) is 26.4 Å². The number of unbranched alkanes of at least 4 members (excludes halogenated alkanes) is 40. The Labute approximate surface area is 539 Å². The molecule has 0 aromatic heterocycles. The van der Waals surface area contributed by atoms with Gasteiger partial charge in [0.05, 0.1) is 26.4 Å². The molecule has 6 nitrogen and oxygen atoms in total. The first-order valence-electron chi connectivity index (χ1n) is 37.5. The molecular weight excluding hydrogens is 1090 g/mol. The van der Waals surface area contributed by atoms with Crippen LogP contribution in [0.1, 0.15) is 411 Å². The lowest BCUT2D eigenvalue weighted by Gasteiger charge is -2.34. The van der Waals surface area contributed by atoms with Gasteiger partial charge in [0.2, 0.25) is 0 Å². The number of benzene rings is 2. The number of rotatable bonds is 60. The van der Waals surface area contributed by atoms with E-state index in [4.69, 9.17) is 27.1 Å². The zero-order valence-electron chi connectivity index (χ0n) is 59.6. The molecule has 0 aliphatic rings. The molecule has 0 aliphatic carbocycles. The zero-order chi connectivity index (χ0) is 62.8. The van der Waals surface area contributed by atoms with Gasteiger partial charge in [-0.05, 0) is 67.9 Å². The van der Waals surface area contributed by atoms with Gasteiger partial charge in [-0.1, -0.05) is 364 Å². The Bertz CT molecular complexity index is 1670. The van der Waals surface area contributed by atoms with E-state index in [9.17, 15) is 0 Å².